The Morgan fingerprint density at radius 1 is 1.11 bits per heavy atom. The molecular formula is C18H17N5O4. The Labute approximate surface area is 154 Å². The lowest BCUT2D eigenvalue weighted by Gasteiger charge is -2.46. The van der Waals surface area contributed by atoms with Crippen molar-refractivity contribution in [3.63, 3.8) is 0 Å². The van der Waals surface area contributed by atoms with Crippen molar-refractivity contribution in [1.29, 1.82) is 0 Å². The summed E-state index contributed by atoms with van der Waals surface area (Å²) in [6.07, 6.45) is -2.17. The van der Waals surface area contributed by atoms with Crippen LogP contribution < -0.4 is 9.64 Å². The molecule has 0 aromatic heterocycles. The summed E-state index contributed by atoms with van der Waals surface area (Å²) in [6, 6.07) is 13.2. The largest absolute Gasteiger partial charge is 0.465 e. The lowest BCUT2D eigenvalue weighted by molar-refractivity contribution is 0.0444. The van der Waals surface area contributed by atoms with Crippen LogP contribution in [0.1, 0.15) is 0 Å². The van der Waals surface area contributed by atoms with Gasteiger partial charge in [-0.2, -0.15) is 0 Å². The zero-order valence-corrected chi connectivity index (χ0v) is 14.2. The van der Waals surface area contributed by atoms with Crippen LogP contribution in [0.2, 0.25) is 0 Å². The normalized spacial score (nSPS) is 23.5. The third-order valence-electron chi connectivity index (χ3n) is 4.87. The summed E-state index contributed by atoms with van der Waals surface area (Å²) in [5, 5.41) is 24.0. The number of fused-ring (bicyclic) bond motifs is 2. The number of aliphatic hydroxyl groups excluding tert-OH is 1. The van der Waals surface area contributed by atoms with Crippen LogP contribution in [0.4, 0.5) is 16.2 Å². The zero-order chi connectivity index (χ0) is 19.0. The van der Waals surface area contributed by atoms with Crippen molar-refractivity contribution in [1.82, 2.24) is 4.90 Å². The minimum Gasteiger partial charge on any atom is -0.465 e. The molecule has 1 saturated heterocycles. The van der Waals surface area contributed by atoms with Crippen molar-refractivity contribution in [3.8, 4) is 11.5 Å². The number of rotatable bonds is 2. The Hall–Kier alpha value is -3.42. The van der Waals surface area contributed by atoms with Crippen LogP contribution >= 0.6 is 0 Å². The highest BCUT2D eigenvalue weighted by molar-refractivity contribution is 5.79. The molecule has 4 rings (SSSR count). The van der Waals surface area contributed by atoms with Crippen LogP contribution in [-0.4, -0.2) is 52.5 Å². The van der Waals surface area contributed by atoms with Gasteiger partial charge in [0, 0.05) is 18.0 Å². The number of hydrogen-bond donors (Lipinski definition) is 2. The van der Waals surface area contributed by atoms with Crippen LogP contribution in [-0.2, 0) is 0 Å². The monoisotopic (exact) mass is 367 g/mol. The molecule has 0 saturated carbocycles. The van der Waals surface area contributed by atoms with Crippen LogP contribution in [0.5, 0.6) is 11.5 Å². The molecule has 3 unspecified atom stereocenters. The third kappa shape index (κ3) is 2.88. The van der Waals surface area contributed by atoms with E-state index in [1.54, 1.807) is 0 Å². The fraction of sp³-hybridized carbons (Fsp3) is 0.278. The van der Waals surface area contributed by atoms with Crippen molar-refractivity contribution in [2.75, 3.05) is 18.0 Å². The van der Waals surface area contributed by atoms with E-state index in [0.29, 0.717) is 22.9 Å². The molecule has 1 amide bonds. The van der Waals surface area contributed by atoms with Crippen molar-refractivity contribution in [2.45, 2.75) is 18.2 Å². The van der Waals surface area contributed by atoms with Crippen molar-refractivity contribution >= 4 is 17.5 Å². The zero-order valence-electron chi connectivity index (χ0n) is 14.2. The number of piperidine rings is 1. The molecule has 0 bridgehead atoms. The van der Waals surface area contributed by atoms with Gasteiger partial charge in [0.1, 0.15) is 0 Å². The number of likely N-dealkylation sites (tertiary alicyclic amines) is 1. The van der Waals surface area contributed by atoms with Gasteiger partial charge >= 0.3 is 6.09 Å². The first-order valence-electron chi connectivity index (χ1n) is 8.45. The number of carboxylic acid groups (broad SMARTS) is 1. The SMILES string of the molecule is [N-]=[N+]=NC1CN(C(=O)O)CC(N2c3ccccc3Oc3ccccc32)C1O. The summed E-state index contributed by atoms with van der Waals surface area (Å²) < 4.78 is 5.95. The molecule has 2 aromatic carbocycles. The summed E-state index contributed by atoms with van der Waals surface area (Å²) in [5.41, 5.74) is 10.3. The van der Waals surface area contributed by atoms with Gasteiger partial charge in [0.25, 0.3) is 0 Å². The van der Waals surface area contributed by atoms with E-state index in [2.05, 4.69) is 10.0 Å². The van der Waals surface area contributed by atoms with Crippen LogP contribution in [0.15, 0.2) is 53.6 Å². The first-order valence-corrected chi connectivity index (χ1v) is 8.45. The molecule has 3 atom stereocenters. The Kier molecular flexibility index (Phi) is 4.23. The Morgan fingerprint density at radius 2 is 1.70 bits per heavy atom. The van der Waals surface area contributed by atoms with Crippen LogP contribution in [0.25, 0.3) is 10.4 Å². The third-order valence-corrected chi connectivity index (χ3v) is 4.87. The Balaban J connectivity index is 1.83. The number of carbonyl (C=O) groups is 1. The van der Waals surface area contributed by atoms with Gasteiger partial charge in [-0.3, -0.25) is 0 Å². The summed E-state index contributed by atoms with van der Waals surface area (Å²) >= 11 is 0. The highest BCUT2D eigenvalue weighted by Gasteiger charge is 2.43. The number of azide groups is 1. The number of hydrogen-bond acceptors (Lipinski definition) is 5. The number of benzene rings is 2. The van der Waals surface area contributed by atoms with Gasteiger partial charge in [-0.15, -0.1) is 0 Å². The van der Waals surface area contributed by atoms with Gasteiger partial charge in [-0.05, 0) is 29.8 Å². The van der Waals surface area contributed by atoms with E-state index in [0.717, 1.165) is 4.90 Å². The van der Waals surface area contributed by atoms with E-state index in [4.69, 9.17) is 10.3 Å². The summed E-state index contributed by atoms with van der Waals surface area (Å²) in [6.45, 7) is 0.0152. The molecule has 0 radical (unpaired) electrons. The molecule has 138 valence electrons. The van der Waals surface area contributed by atoms with Gasteiger partial charge in [0.2, 0.25) is 0 Å². The number of anilines is 2. The molecule has 2 aliphatic heterocycles. The van der Waals surface area contributed by atoms with Gasteiger partial charge in [-0.25, -0.2) is 4.79 Å². The highest BCUT2D eigenvalue weighted by atomic mass is 16.5. The molecule has 1 fully saturated rings. The maximum Gasteiger partial charge on any atom is 0.407 e. The second-order valence-corrected chi connectivity index (χ2v) is 6.43. The first kappa shape index (κ1) is 17.0. The average molecular weight is 367 g/mol. The van der Waals surface area contributed by atoms with Crippen molar-refractivity contribution in [2.24, 2.45) is 5.11 Å². The van der Waals surface area contributed by atoms with E-state index >= 15 is 0 Å². The van der Waals surface area contributed by atoms with Gasteiger partial charge in [-0.1, -0.05) is 29.4 Å². The van der Waals surface area contributed by atoms with Crippen LogP contribution in [0, 0.1) is 0 Å². The Bertz CT molecular complexity index is 884. The number of amides is 1. The van der Waals surface area contributed by atoms with E-state index in [1.165, 1.54) is 0 Å². The smallest absolute Gasteiger partial charge is 0.407 e. The highest BCUT2D eigenvalue weighted by Crippen LogP contribution is 2.48. The average Bonchev–Trinajstić information content (AvgIpc) is 2.68. The van der Waals surface area contributed by atoms with Crippen molar-refractivity contribution < 1.29 is 19.7 Å². The predicted octanol–water partition coefficient (Wildman–Crippen LogP) is 3.33. The molecule has 2 heterocycles. The maximum atomic E-state index is 11.6. The lowest BCUT2D eigenvalue weighted by atomic mass is 9.94. The summed E-state index contributed by atoms with van der Waals surface area (Å²) in [5.74, 6) is 1.22. The minimum absolute atomic E-state index is 0.0509. The molecular weight excluding hydrogens is 350 g/mol. The minimum atomic E-state index is -1.13. The second-order valence-electron chi connectivity index (χ2n) is 6.43. The van der Waals surface area contributed by atoms with Gasteiger partial charge in [0.05, 0.1) is 29.6 Å². The number of nitrogens with zero attached hydrogens (tertiary/aromatic N) is 5. The van der Waals surface area contributed by atoms with Gasteiger partial charge in [0.15, 0.2) is 11.5 Å². The number of aliphatic hydroxyl groups is 1. The molecule has 2 aliphatic rings. The summed E-state index contributed by atoms with van der Waals surface area (Å²) in [7, 11) is 0. The molecule has 0 spiro atoms. The second kappa shape index (κ2) is 6.71. The van der Waals surface area contributed by atoms with Crippen LogP contribution in [0.3, 0.4) is 0 Å². The Morgan fingerprint density at radius 3 is 2.26 bits per heavy atom. The fourth-order valence-corrected chi connectivity index (χ4v) is 3.65. The van der Waals surface area contributed by atoms with E-state index < -0.39 is 24.3 Å². The molecule has 9 nitrogen and oxygen atoms in total. The van der Waals surface area contributed by atoms with Crippen molar-refractivity contribution in [3.05, 3.63) is 59.0 Å². The molecule has 0 aliphatic carbocycles. The number of para-hydroxylation sites is 4. The molecule has 9 heteroatoms. The fourth-order valence-electron chi connectivity index (χ4n) is 3.65. The standard InChI is InChI=1S/C18H17N5O4/c19-21-20-11-9-22(18(25)26)10-14(17(11)24)23-12-5-1-3-7-15(12)27-16-8-4-2-6-13(16)23/h1-8,11,14,17,24H,9-10H2,(H,25,26). The lowest BCUT2D eigenvalue weighted by Crippen LogP contribution is -2.61. The van der Waals surface area contributed by atoms with E-state index in [9.17, 15) is 15.0 Å². The molecule has 2 aromatic rings. The predicted molar refractivity (Wildman–Crippen MR) is 97.4 cm³/mol. The maximum absolute atomic E-state index is 11.6. The van der Waals surface area contributed by atoms with E-state index in [1.807, 2.05) is 53.4 Å². The molecule has 27 heavy (non-hydrogen) atoms. The molecule has 2 N–H and O–H groups in total. The summed E-state index contributed by atoms with van der Waals surface area (Å²) in [4.78, 5) is 17.4. The van der Waals surface area contributed by atoms with Gasteiger partial charge < -0.3 is 24.7 Å². The number of ether oxygens (including phenoxy) is 1. The topological polar surface area (TPSA) is 122 Å². The first-order chi connectivity index (χ1) is 13.1. The quantitative estimate of drug-likeness (QED) is 0.479. The van der Waals surface area contributed by atoms with E-state index in [-0.39, 0.29) is 13.1 Å².